The molecule has 0 bridgehead atoms. The lowest BCUT2D eigenvalue weighted by molar-refractivity contribution is 0.0945. The highest BCUT2D eigenvalue weighted by molar-refractivity contribution is 5.94. The van der Waals surface area contributed by atoms with E-state index in [9.17, 15) is 13.6 Å². The third kappa shape index (κ3) is 2.54. The lowest BCUT2D eigenvalue weighted by Gasteiger charge is -2.10. The number of anilines is 1. The summed E-state index contributed by atoms with van der Waals surface area (Å²) in [6, 6.07) is 1.89. The second kappa shape index (κ2) is 3.98. The van der Waals surface area contributed by atoms with Gasteiger partial charge in [0.25, 0.3) is 5.91 Å². The Kier molecular flexibility index (Phi) is 2.77. The molecule has 0 atom stereocenters. The predicted octanol–water partition coefficient (Wildman–Crippen LogP) is 2.08. The van der Waals surface area contributed by atoms with E-state index in [0.29, 0.717) is 6.54 Å². The number of halogens is 2. The Morgan fingerprint density at radius 2 is 1.94 bits per heavy atom. The maximum atomic E-state index is 13.1. The van der Waals surface area contributed by atoms with Gasteiger partial charge in [-0.15, -0.1) is 0 Å². The molecule has 0 heterocycles. The van der Waals surface area contributed by atoms with Crippen molar-refractivity contribution in [1.82, 2.24) is 5.32 Å². The van der Waals surface area contributed by atoms with E-state index in [1.807, 2.05) is 0 Å². The molecule has 0 saturated heterocycles. The van der Waals surface area contributed by atoms with Crippen LogP contribution < -0.4 is 11.1 Å². The van der Waals surface area contributed by atoms with Crippen molar-refractivity contribution in [2.45, 2.75) is 19.8 Å². The highest BCUT2D eigenvalue weighted by Crippen LogP contribution is 2.44. The topological polar surface area (TPSA) is 55.1 Å². The van der Waals surface area contributed by atoms with Crippen LogP contribution >= 0.6 is 0 Å². The van der Waals surface area contributed by atoms with Gasteiger partial charge in [0.2, 0.25) is 0 Å². The molecule has 1 saturated carbocycles. The zero-order valence-corrected chi connectivity index (χ0v) is 9.52. The molecular weight excluding hydrogens is 226 g/mol. The number of hydrogen-bond acceptors (Lipinski definition) is 2. The first-order valence-electron chi connectivity index (χ1n) is 5.44. The normalized spacial score (nSPS) is 16.6. The molecule has 3 nitrogen and oxygen atoms in total. The molecule has 1 aliphatic carbocycles. The van der Waals surface area contributed by atoms with E-state index >= 15 is 0 Å². The molecule has 0 aliphatic heterocycles. The Hall–Kier alpha value is -1.65. The first kappa shape index (κ1) is 11.8. The van der Waals surface area contributed by atoms with E-state index in [0.717, 1.165) is 25.0 Å². The van der Waals surface area contributed by atoms with Gasteiger partial charge < -0.3 is 11.1 Å². The van der Waals surface area contributed by atoms with E-state index in [2.05, 4.69) is 12.2 Å². The van der Waals surface area contributed by atoms with Crippen LogP contribution in [0.25, 0.3) is 0 Å². The molecular formula is C12H14F2N2O. The number of nitrogen functional groups attached to an aromatic ring is 1. The van der Waals surface area contributed by atoms with Crippen molar-refractivity contribution in [1.29, 1.82) is 0 Å². The lowest BCUT2D eigenvalue weighted by atomic mass is 10.1. The molecule has 17 heavy (non-hydrogen) atoms. The van der Waals surface area contributed by atoms with Crippen molar-refractivity contribution in [2.75, 3.05) is 12.3 Å². The summed E-state index contributed by atoms with van der Waals surface area (Å²) in [6.07, 6.45) is 2.13. The second-order valence-corrected chi connectivity index (χ2v) is 4.85. The van der Waals surface area contributed by atoms with Crippen LogP contribution in [0.5, 0.6) is 0 Å². The van der Waals surface area contributed by atoms with Crippen LogP contribution in [0.2, 0.25) is 0 Å². The first-order valence-corrected chi connectivity index (χ1v) is 5.44. The van der Waals surface area contributed by atoms with Gasteiger partial charge in [0.15, 0.2) is 0 Å². The zero-order chi connectivity index (χ0) is 12.6. The van der Waals surface area contributed by atoms with Crippen molar-refractivity contribution >= 4 is 11.6 Å². The van der Waals surface area contributed by atoms with Crippen molar-refractivity contribution in [3.63, 3.8) is 0 Å². The molecule has 2 rings (SSSR count). The molecule has 1 amide bonds. The minimum atomic E-state index is -0.909. The zero-order valence-electron chi connectivity index (χ0n) is 9.52. The van der Waals surface area contributed by atoms with E-state index in [-0.39, 0.29) is 11.0 Å². The maximum Gasteiger partial charge on any atom is 0.251 e. The molecule has 1 fully saturated rings. The van der Waals surface area contributed by atoms with E-state index in [1.165, 1.54) is 0 Å². The summed E-state index contributed by atoms with van der Waals surface area (Å²) in [5.74, 6) is -2.29. The summed E-state index contributed by atoms with van der Waals surface area (Å²) in [5, 5.41) is 2.66. The first-order chi connectivity index (χ1) is 7.91. The molecule has 5 heteroatoms. The van der Waals surface area contributed by atoms with E-state index < -0.39 is 23.2 Å². The Morgan fingerprint density at radius 3 is 2.41 bits per heavy atom. The largest absolute Gasteiger partial charge is 0.394 e. The van der Waals surface area contributed by atoms with Crippen LogP contribution in [-0.4, -0.2) is 12.5 Å². The molecule has 1 aliphatic rings. The van der Waals surface area contributed by atoms with Gasteiger partial charge in [-0.1, -0.05) is 6.92 Å². The molecule has 3 N–H and O–H groups in total. The van der Waals surface area contributed by atoms with Gasteiger partial charge >= 0.3 is 0 Å². The number of carbonyl (C=O) groups is 1. The fourth-order valence-corrected chi connectivity index (χ4v) is 1.50. The third-order valence-corrected chi connectivity index (χ3v) is 3.12. The van der Waals surface area contributed by atoms with Crippen molar-refractivity contribution in [3.8, 4) is 0 Å². The second-order valence-electron chi connectivity index (χ2n) is 4.85. The number of hydrogen-bond donors (Lipinski definition) is 2. The average molecular weight is 240 g/mol. The van der Waals surface area contributed by atoms with Crippen LogP contribution in [0.4, 0.5) is 14.5 Å². The van der Waals surface area contributed by atoms with E-state index in [4.69, 9.17) is 5.73 Å². The molecule has 1 aromatic rings. The van der Waals surface area contributed by atoms with Crippen molar-refractivity contribution < 1.29 is 13.6 Å². The number of carbonyl (C=O) groups excluding carboxylic acids is 1. The van der Waals surface area contributed by atoms with Gasteiger partial charge in [-0.3, -0.25) is 4.79 Å². The minimum absolute atomic E-state index is 0.0431. The summed E-state index contributed by atoms with van der Waals surface area (Å²) < 4.78 is 26.3. The summed E-state index contributed by atoms with van der Waals surface area (Å²) in [5.41, 5.74) is 4.67. The standard InChI is InChI=1S/C12H14F2N2O/c1-12(2-3-12)6-16-11(17)7-4-8(13)10(15)9(14)5-7/h4-5H,2-3,6,15H2,1H3,(H,16,17). The van der Waals surface area contributed by atoms with Gasteiger partial charge in [0.05, 0.1) is 0 Å². The lowest BCUT2D eigenvalue weighted by Crippen LogP contribution is -2.29. The summed E-state index contributed by atoms with van der Waals surface area (Å²) in [4.78, 5) is 11.6. The Labute approximate surface area is 98.0 Å². The molecule has 1 aromatic carbocycles. The van der Waals surface area contributed by atoms with E-state index in [1.54, 1.807) is 0 Å². The number of benzene rings is 1. The number of rotatable bonds is 3. The van der Waals surface area contributed by atoms with Gasteiger partial charge in [0.1, 0.15) is 17.3 Å². The third-order valence-electron chi connectivity index (χ3n) is 3.12. The van der Waals surface area contributed by atoms with Crippen LogP contribution in [0.15, 0.2) is 12.1 Å². The molecule has 0 unspecified atom stereocenters. The smallest absolute Gasteiger partial charge is 0.251 e. The Balaban J connectivity index is 2.08. The van der Waals surface area contributed by atoms with Crippen LogP contribution in [-0.2, 0) is 0 Å². The molecule has 0 radical (unpaired) electrons. The molecule has 0 spiro atoms. The van der Waals surface area contributed by atoms with Gasteiger partial charge in [-0.2, -0.15) is 0 Å². The van der Waals surface area contributed by atoms with Crippen LogP contribution in [0, 0.1) is 17.0 Å². The summed E-state index contributed by atoms with van der Waals surface area (Å²) in [7, 11) is 0. The number of amides is 1. The number of nitrogens with one attached hydrogen (secondary N) is 1. The summed E-state index contributed by atoms with van der Waals surface area (Å²) in [6.45, 7) is 2.58. The quantitative estimate of drug-likeness (QED) is 0.795. The SMILES string of the molecule is CC1(CNC(=O)c2cc(F)c(N)c(F)c2)CC1. The highest BCUT2D eigenvalue weighted by atomic mass is 19.1. The highest BCUT2D eigenvalue weighted by Gasteiger charge is 2.37. The van der Waals surface area contributed by atoms with Gasteiger partial charge in [-0.25, -0.2) is 8.78 Å². The fourth-order valence-electron chi connectivity index (χ4n) is 1.50. The van der Waals surface area contributed by atoms with Crippen molar-refractivity contribution in [3.05, 3.63) is 29.3 Å². The Morgan fingerprint density at radius 1 is 1.41 bits per heavy atom. The van der Waals surface area contributed by atoms with Crippen LogP contribution in [0.3, 0.4) is 0 Å². The molecule has 0 aromatic heterocycles. The van der Waals surface area contributed by atoms with Gasteiger partial charge in [-0.05, 0) is 30.4 Å². The minimum Gasteiger partial charge on any atom is -0.394 e. The number of nitrogens with two attached hydrogens (primary N) is 1. The predicted molar refractivity (Wildman–Crippen MR) is 60.4 cm³/mol. The summed E-state index contributed by atoms with van der Waals surface area (Å²) >= 11 is 0. The Bertz CT molecular complexity index is 447. The maximum absolute atomic E-state index is 13.1. The van der Waals surface area contributed by atoms with Gasteiger partial charge in [0, 0.05) is 12.1 Å². The van der Waals surface area contributed by atoms with Crippen molar-refractivity contribution in [2.24, 2.45) is 5.41 Å². The monoisotopic (exact) mass is 240 g/mol. The van der Waals surface area contributed by atoms with Crippen LogP contribution in [0.1, 0.15) is 30.1 Å². The fraction of sp³-hybridized carbons (Fsp3) is 0.417. The molecule has 92 valence electrons. The average Bonchev–Trinajstić information content (AvgIpc) is 3.01.